The van der Waals surface area contributed by atoms with E-state index in [0.29, 0.717) is 31.2 Å². The first kappa shape index (κ1) is 22.6. The molecule has 0 aromatic heterocycles. The number of primary amides is 1. The van der Waals surface area contributed by atoms with Gasteiger partial charge in [0, 0.05) is 32.3 Å². The van der Waals surface area contributed by atoms with Crippen LogP contribution >= 0.6 is 24.0 Å². The van der Waals surface area contributed by atoms with Crippen LogP contribution in [-0.2, 0) is 11.3 Å². The van der Waals surface area contributed by atoms with Crippen LogP contribution in [0.1, 0.15) is 36.2 Å². The molecule has 0 radical (unpaired) electrons. The van der Waals surface area contributed by atoms with Crippen LogP contribution in [0.4, 0.5) is 0 Å². The summed E-state index contributed by atoms with van der Waals surface area (Å²) in [4.78, 5) is 15.2. The Labute approximate surface area is 161 Å². The summed E-state index contributed by atoms with van der Waals surface area (Å²) in [7, 11) is 1.73. The Kier molecular flexibility index (Phi) is 12.3. The predicted molar refractivity (Wildman–Crippen MR) is 109 cm³/mol. The van der Waals surface area contributed by atoms with Gasteiger partial charge in [0.2, 0.25) is 5.91 Å². The molecule has 0 saturated heterocycles. The van der Waals surface area contributed by atoms with Crippen LogP contribution in [0, 0.1) is 5.92 Å². The Morgan fingerprint density at radius 1 is 1.21 bits per heavy atom. The second-order valence-electron chi connectivity index (χ2n) is 5.71. The predicted octanol–water partition coefficient (Wildman–Crippen LogP) is 2.13. The lowest BCUT2D eigenvalue weighted by Crippen LogP contribution is -2.38. The molecule has 1 rings (SSSR count). The maximum atomic E-state index is 11.0. The second-order valence-corrected chi connectivity index (χ2v) is 5.71. The zero-order valence-corrected chi connectivity index (χ0v) is 17.0. The number of nitrogens with zero attached hydrogens (tertiary/aromatic N) is 1. The van der Waals surface area contributed by atoms with Gasteiger partial charge in [-0.3, -0.25) is 9.79 Å². The van der Waals surface area contributed by atoms with Gasteiger partial charge < -0.3 is 21.1 Å². The number of guanidine groups is 1. The summed E-state index contributed by atoms with van der Waals surface area (Å²) in [6, 6.07) is 7.18. The van der Waals surface area contributed by atoms with Crippen molar-refractivity contribution in [1.29, 1.82) is 0 Å². The lowest BCUT2D eigenvalue weighted by atomic mass is 10.1. The number of benzene rings is 1. The molecular formula is C17H29IN4O2. The molecule has 0 spiro atoms. The third-order valence-corrected chi connectivity index (χ3v) is 3.30. The number of amides is 1. The molecular weight excluding hydrogens is 419 g/mol. The molecule has 0 saturated carbocycles. The quantitative estimate of drug-likeness (QED) is 0.234. The first-order valence-corrected chi connectivity index (χ1v) is 7.94. The fourth-order valence-corrected chi connectivity index (χ4v) is 1.86. The maximum Gasteiger partial charge on any atom is 0.248 e. The molecule has 136 valence electrons. The fraction of sp³-hybridized carbons (Fsp3) is 0.529. The first-order valence-electron chi connectivity index (χ1n) is 7.94. The third kappa shape index (κ3) is 9.71. The third-order valence-electron chi connectivity index (χ3n) is 3.30. The zero-order chi connectivity index (χ0) is 17.1. The average molecular weight is 448 g/mol. The van der Waals surface area contributed by atoms with Crippen molar-refractivity contribution in [3.05, 3.63) is 35.4 Å². The van der Waals surface area contributed by atoms with Gasteiger partial charge in [0.05, 0.1) is 6.61 Å². The molecule has 1 aromatic carbocycles. The van der Waals surface area contributed by atoms with Gasteiger partial charge >= 0.3 is 0 Å². The molecule has 6 nitrogen and oxygen atoms in total. The molecule has 0 bridgehead atoms. The topological polar surface area (TPSA) is 88.7 Å². The van der Waals surface area contributed by atoms with E-state index in [1.165, 1.54) is 0 Å². The molecule has 0 aliphatic rings. The van der Waals surface area contributed by atoms with Crippen LogP contribution in [-0.4, -0.2) is 38.7 Å². The molecule has 1 amide bonds. The number of hydrogen-bond acceptors (Lipinski definition) is 3. The Morgan fingerprint density at radius 3 is 2.42 bits per heavy atom. The lowest BCUT2D eigenvalue weighted by molar-refractivity contribution is 0.100. The van der Waals surface area contributed by atoms with E-state index in [1.807, 2.05) is 12.1 Å². The van der Waals surface area contributed by atoms with Gasteiger partial charge in [0.25, 0.3) is 0 Å². The van der Waals surface area contributed by atoms with E-state index < -0.39 is 5.91 Å². The van der Waals surface area contributed by atoms with Gasteiger partial charge in [0.15, 0.2) is 5.96 Å². The minimum atomic E-state index is -0.417. The van der Waals surface area contributed by atoms with Crippen molar-refractivity contribution in [1.82, 2.24) is 10.6 Å². The van der Waals surface area contributed by atoms with E-state index in [4.69, 9.17) is 10.5 Å². The number of ether oxygens (including phenoxy) is 1. The molecule has 0 heterocycles. The summed E-state index contributed by atoms with van der Waals surface area (Å²) < 4.78 is 5.55. The molecule has 0 atom stereocenters. The number of nitrogens with one attached hydrogen (secondary N) is 2. The Hall–Kier alpha value is -1.35. The summed E-state index contributed by atoms with van der Waals surface area (Å²) in [5.41, 5.74) is 6.77. The Bertz CT molecular complexity index is 504. The van der Waals surface area contributed by atoms with Crippen molar-refractivity contribution < 1.29 is 9.53 Å². The Morgan fingerprint density at radius 2 is 1.88 bits per heavy atom. The number of carbonyl (C=O) groups excluding carboxylic acids is 1. The zero-order valence-electron chi connectivity index (χ0n) is 14.7. The smallest absolute Gasteiger partial charge is 0.248 e. The summed E-state index contributed by atoms with van der Waals surface area (Å²) in [5.74, 6) is 0.967. The van der Waals surface area contributed by atoms with E-state index in [-0.39, 0.29) is 24.0 Å². The molecule has 0 aliphatic carbocycles. The van der Waals surface area contributed by atoms with E-state index in [9.17, 15) is 4.79 Å². The van der Waals surface area contributed by atoms with Crippen LogP contribution in [0.2, 0.25) is 0 Å². The summed E-state index contributed by atoms with van der Waals surface area (Å²) in [5, 5.41) is 6.41. The SMILES string of the molecule is CN=C(NCCOCCC(C)C)NCc1ccc(C(N)=O)cc1.I. The average Bonchev–Trinajstić information content (AvgIpc) is 2.53. The second kappa shape index (κ2) is 13.0. The van der Waals surface area contributed by atoms with E-state index in [2.05, 4.69) is 29.5 Å². The largest absolute Gasteiger partial charge is 0.380 e. The van der Waals surface area contributed by atoms with E-state index in [0.717, 1.165) is 24.6 Å². The van der Waals surface area contributed by atoms with Crippen molar-refractivity contribution in [2.45, 2.75) is 26.8 Å². The Balaban J connectivity index is 0.00000529. The molecule has 4 N–H and O–H groups in total. The van der Waals surface area contributed by atoms with Gasteiger partial charge in [0.1, 0.15) is 0 Å². The van der Waals surface area contributed by atoms with E-state index >= 15 is 0 Å². The van der Waals surface area contributed by atoms with Crippen LogP contribution < -0.4 is 16.4 Å². The molecule has 0 aliphatic heterocycles. The van der Waals surface area contributed by atoms with Crippen LogP contribution in [0.25, 0.3) is 0 Å². The summed E-state index contributed by atoms with van der Waals surface area (Å²) >= 11 is 0. The maximum absolute atomic E-state index is 11.0. The van der Waals surface area contributed by atoms with Crippen LogP contribution in [0.3, 0.4) is 0 Å². The van der Waals surface area contributed by atoms with Gasteiger partial charge in [-0.15, -0.1) is 24.0 Å². The van der Waals surface area contributed by atoms with Gasteiger partial charge in [-0.05, 0) is 30.0 Å². The summed E-state index contributed by atoms with van der Waals surface area (Å²) in [6.07, 6.45) is 1.08. The highest BCUT2D eigenvalue weighted by Gasteiger charge is 2.01. The van der Waals surface area contributed by atoms with Crippen LogP contribution in [0.5, 0.6) is 0 Å². The van der Waals surface area contributed by atoms with Crippen LogP contribution in [0.15, 0.2) is 29.3 Å². The minimum absolute atomic E-state index is 0. The number of rotatable bonds is 9. The highest BCUT2D eigenvalue weighted by atomic mass is 127. The molecule has 24 heavy (non-hydrogen) atoms. The van der Waals surface area contributed by atoms with Crippen molar-refractivity contribution in [3.63, 3.8) is 0 Å². The van der Waals surface area contributed by atoms with Crippen molar-refractivity contribution >= 4 is 35.8 Å². The molecule has 1 aromatic rings. The van der Waals surface area contributed by atoms with Gasteiger partial charge in [-0.1, -0.05) is 26.0 Å². The van der Waals surface area contributed by atoms with Gasteiger partial charge in [-0.25, -0.2) is 0 Å². The summed E-state index contributed by atoms with van der Waals surface area (Å²) in [6.45, 7) is 7.14. The highest BCUT2D eigenvalue weighted by molar-refractivity contribution is 14.0. The normalized spacial score (nSPS) is 11.1. The number of carbonyl (C=O) groups is 1. The minimum Gasteiger partial charge on any atom is -0.380 e. The fourth-order valence-electron chi connectivity index (χ4n) is 1.86. The number of nitrogens with two attached hydrogens (primary N) is 1. The molecule has 0 fully saturated rings. The number of halogens is 1. The standard InChI is InChI=1S/C17H28N4O2.HI/c1-13(2)8-10-23-11-9-20-17(19-3)21-12-14-4-6-15(7-5-14)16(18)22;/h4-7,13H,8-12H2,1-3H3,(H2,18,22)(H2,19,20,21);1H. The molecule has 0 unspecified atom stereocenters. The monoisotopic (exact) mass is 448 g/mol. The number of hydrogen-bond donors (Lipinski definition) is 3. The van der Waals surface area contributed by atoms with Crippen molar-refractivity contribution in [3.8, 4) is 0 Å². The van der Waals surface area contributed by atoms with Crippen molar-refractivity contribution in [2.24, 2.45) is 16.6 Å². The first-order chi connectivity index (χ1) is 11.0. The van der Waals surface area contributed by atoms with Gasteiger partial charge in [-0.2, -0.15) is 0 Å². The molecule has 7 heteroatoms. The lowest BCUT2D eigenvalue weighted by Gasteiger charge is -2.12. The number of aliphatic imine (C=N–C) groups is 1. The van der Waals surface area contributed by atoms with Crippen molar-refractivity contribution in [2.75, 3.05) is 26.8 Å². The van der Waals surface area contributed by atoms with E-state index in [1.54, 1.807) is 19.2 Å². The highest BCUT2D eigenvalue weighted by Crippen LogP contribution is 2.03.